The molecule has 1 aromatic rings. The van der Waals surface area contributed by atoms with Crippen molar-refractivity contribution in [1.29, 1.82) is 0 Å². The van der Waals surface area contributed by atoms with Crippen LogP contribution >= 0.6 is 0 Å². The summed E-state index contributed by atoms with van der Waals surface area (Å²) in [4.78, 5) is 16.3. The van der Waals surface area contributed by atoms with Crippen LogP contribution in [0.4, 0.5) is 10.5 Å². The van der Waals surface area contributed by atoms with Crippen LogP contribution in [0.5, 0.6) is 0 Å². The van der Waals surface area contributed by atoms with Crippen LogP contribution in [-0.4, -0.2) is 47.7 Å². The molecule has 1 heterocycles. The van der Waals surface area contributed by atoms with Crippen LogP contribution in [0, 0.1) is 0 Å². The van der Waals surface area contributed by atoms with Gasteiger partial charge in [0.2, 0.25) is 0 Å². The average molecular weight is 305 g/mol. The van der Waals surface area contributed by atoms with Crippen LogP contribution in [0.3, 0.4) is 0 Å². The summed E-state index contributed by atoms with van der Waals surface area (Å²) in [6.45, 7) is 9.91. The quantitative estimate of drug-likeness (QED) is 0.854. The topological polar surface area (TPSA) is 58.8 Å². The number of amides is 1. The molecule has 1 fully saturated rings. The van der Waals surface area contributed by atoms with Crippen molar-refractivity contribution >= 4 is 11.8 Å². The molecule has 0 aromatic heterocycles. The molecule has 1 saturated heterocycles. The largest absolute Gasteiger partial charge is 0.444 e. The molecule has 0 bridgehead atoms. The van der Waals surface area contributed by atoms with Gasteiger partial charge >= 0.3 is 6.09 Å². The lowest BCUT2D eigenvalue weighted by Crippen LogP contribution is -2.39. The monoisotopic (exact) mass is 305 g/mol. The number of hydrogen-bond donors (Lipinski definition) is 1. The Morgan fingerprint density at radius 1 is 1.14 bits per heavy atom. The van der Waals surface area contributed by atoms with Crippen molar-refractivity contribution in [3.63, 3.8) is 0 Å². The van der Waals surface area contributed by atoms with E-state index in [9.17, 15) is 4.79 Å². The van der Waals surface area contributed by atoms with E-state index in [1.807, 2.05) is 37.8 Å². The van der Waals surface area contributed by atoms with Crippen molar-refractivity contribution in [2.45, 2.75) is 39.3 Å². The van der Waals surface area contributed by atoms with Gasteiger partial charge < -0.3 is 15.4 Å². The molecule has 1 amide bonds. The number of rotatable bonds is 2. The zero-order valence-electron chi connectivity index (χ0n) is 13.8. The summed E-state index contributed by atoms with van der Waals surface area (Å²) in [5, 5.41) is 0. The number of ether oxygens (including phenoxy) is 1. The molecular formula is C17H27N3O2. The van der Waals surface area contributed by atoms with Gasteiger partial charge in [-0.1, -0.05) is 12.1 Å². The van der Waals surface area contributed by atoms with Gasteiger partial charge in [-0.25, -0.2) is 4.79 Å². The summed E-state index contributed by atoms with van der Waals surface area (Å²) < 4.78 is 5.45. The van der Waals surface area contributed by atoms with E-state index in [2.05, 4.69) is 17.0 Å². The lowest BCUT2D eigenvalue weighted by Gasteiger charge is -2.26. The highest BCUT2D eigenvalue weighted by atomic mass is 16.6. The van der Waals surface area contributed by atoms with E-state index in [4.69, 9.17) is 10.5 Å². The van der Waals surface area contributed by atoms with Crippen molar-refractivity contribution < 1.29 is 9.53 Å². The molecule has 0 spiro atoms. The Morgan fingerprint density at radius 2 is 1.82 bits per heavy atom. The van der Waals surface area contributed by atoms with Crippen molar-refractivity contribution in [3.05, 3.63) is 29.8 Å². The Kier molecular flexibility index (Phi) is 5.29. The van der Waals surface area contributed by atoms with Crippen LogP contribution in [0.2, 0.25) is 0 Å². The van der Waals surface area contributed by atoms with Gasteiger partial charge in [0, 0.05) is 38.4 Å². The Hall–Kier alpha value is -1.75. The van der Waals surface area contributed by atoms with Crippen molar-refractivity contribution in [2.24, 2.45) is 0 Å². The van der Waals surface area contributed by atoms with Gasteiger partial charge in [-0.2, -0.15) is 0 Å². The molecule has 0 atom stereocenters. The molecule has 1 aliphatic rings. The molecule has 22 heavy (non-hydrogen) atoms. The maximum atomic E-state index is 12.1. The highest BCUT2D eigenvalue weighted by molar-refractivity contribution is 5.68. The summed E-state index contributed by atoms with van der Waals surface area (Å²) >= 11 is 0. The van der Waals surface area contributed by atoms with Crippen LogP contribution < -0.4 is 5.73 Å². The lowest BCUT2D eigenvalue weighted by atomic mass is 10.2. The standard InChI is InChI=1S/C17H27N3O2/c1-17(2,3)22-16(21)20-10-4-9-19(11-12-20)13-14-5-7-15(18)8-6-14/h5-8H,4,9-13,18H2,1-3H3. The molecular weight excluding hydrogens is 278 g/mol. The average Bonchev–Trinajstić information content (AvgIpc) is 2.65. The Morgan fingerprint density at radius 3 is 2.45 bits per heavy atom. The summed E-state index contributed by atoms with van der Waals surface area (Å²) in [6, 6.07) is 7.98. The SMILES string of the molecule is CC(C)(C)OC(=O)N1CCCN(Cc2ccc(N)cc2)CC1. The summed E-state index contributed by atoms with van der Waals surface area (Å²) in [5.74, 6) is 0. The fraction of sp³-hybridized carbons (Fsp3) is 0.588. The van der Waals surface area contributed by atoms with Gasteiger partial charge in [-0.3, -0.25) is 4.90 Å². The lowest BCUT2D eigenvalue weighted by molar-refractivity contribution is 0.0257. The second-order valence-corrected chi connectivity index (χ2v) is 6.84. The Bertz CT molecular complexity index is 494. The Balaban J connectivity index is 1.87. The summed E-state index contributed by atoms with van der Waals surface area (Å²) in [7, 11) is 0. The zero-order chi connectivity index (χ0) is 16.2. The van der Waals surface area contributed by atoms with E-state index >= 15 is 0 Å². The van der Waals surface area contributed by atoms with Crippen molar-refractivity contribution in [3.8, 4) is 0 Å². The normalized spacial score (nSPS) is 17.1. The number of anilines is 1. The Labute approximate surface area is 133 Å². The van der Waals surface area contributed by atoms with Crippen LogP contribution in [0.25, 0.3) is 0 Å². The molecule has 122 valence electrons. The molecule has 0 aliphatic carbocycles. The molecule has 1 aromatic carbocycles. The van der Waals surface area contributed by atoms with Gasteiger partial charge in [-0.15, -0.1) is 0 Å². The van der Waals surface area contributed by atoms with Crippen LogP contribution in [0.1, 0.15) is 32.8 Å². The van der Waals surface area contributed by atoms with E-state index in [0.717, 1.165) is 38.3 Å². The van der Waals surface area contributed by atoms with Crippen LogP contribution in [-0.2, 0) is 11.3 Å². The predicted molar refractivity (Wildman–Crippen MR) is 88.6 cm³/mol. The first-order valence-corrected chi connectivity index (χ1v) is 7.88. The molecule has 2 rings (SSSR count). The molecule has 5 nitrogen and oxygen atoms in total. The highest BCUT2D eigenvalue weighted by Gasteiger charge is 2.24. The smallest absolute Gasteiger partial charge is 0.410 e. The van der Waals surface area contributed by atoms with Gasteiger partial charge in [0.25, 0.3) is 0 Å². The van der Waals surface area contributed by atoms with Gasteiger partial charge in [-0.05, 0) is 44.9 Å². The van der Waals surface area contributed by atoms with E-state index in [0.29, 0.717) is 6.54 Å². The minimum atomic E-state index is -0.437. The maximum absolute atomic E-state index is 12.1. The van der Waals surface area contributed by atoms with Crippen LogP contribution in [0.15, 0.2) is 24.3 Å². The second-order valence-electron chi connectivity index (χ2n) is 6.84. The van der Waals surface area contributed by atoms with E-state index in [1.54, 1.807) is 0 Å². The molecule has 5 heteroatoms. The summed E-state index contributed by atoms with van der Waals surface area (Å²) in [5.41, 5.74) is 7.32. The third-order valence-electron chi connectivity index (χ3n) is 3.63. The number of nitrogen functional groups attached to an aromatic ring is 1. The van der Waals surface area contributed by atoms with Gasteiger partial charge in [0.05, 0.1) is 0 Å². The first-order valence-electron chi connectivity index (χ1n) is 7.88. The van der Waals surface area contributed by atoms with E-state index < -0.39 is 5.60 Å². The van der Waals surface area contributed by atoms with E-state index in [1.165, 1.54) is 5.56 Å². The number of hydrogen-bond acceptors (Lipinski definition) is 4. The number of nitrogens with two attached hydrogens (primary N) is 1. The predicted octanol–water partition coefficient (Wildman–Crippen LogP) is 2.71. The van der Waals surface area contributed by atoms with Gasteiger partial charge in [0.1, 0.15) is 5.60 Å². The fourth-order valence-corrected chi connectivity index (χ4v) is 2.52. The first-order chi connectivity index (χ1) is 10.3. The first kappa shape index (κ1) is 16.6. The fourth-order valence-electron chi connectivity index (χ4n) is 2.52. The third-order valence-corrected chi connectivity index (χ3v) is 3.63. The van der Waals surface area contributed by atoms with Crippen molar-refractivity contribution in [1.82, 2.24) is 9.80 Å². The molecule has 0 unspecified atom stereocenters. The highest BCUT2D eigenvalue weighted by Crippen LogP contribution is 2.14. The second kappa shape index (κ2) is 7.01. The third kappa shape index (κ3) is 5.22. The molecule has 0 saturated carbocycles. The maximum Gasteiger partial charge on any atom is 0.410 e. The minimum Gasteiger partial charge on any atom is -0.444 e. The molecule has 2 N–H and O–H groups in total. The number of nitrogens with zero attached hydrogens (tertiary/aromatic N) is 2. The number of carbonyl (C=O) groups excluding carboxylic acids is 1. The van der Waals surface area contributed by atoms with Crippen molar-refractivity contribution in [2.75, 3.05) is 31.9 Å². The number of benzene rings is 1. The van der Waals surface area contributed by atoms with E-state index in [-0.39, 0.29) is 6.09 Å². The molecule has 0 radical (unpaired) electrons. The molecule has 1 aliphatic heterocycles. The zero-order valence-corrected chi connectivity index (χ0v) is 13.8. The number of carbonyl (C=O) groups is 1. The summed E-state index contributed by atoms with van der Waals surface area (Å²) in [6.07, 6.45) is 0.760. The van der Waals surface area contributed by atoms with Gasteiger partial charge in [0.15, 0.2) is 0 Å². The minimum absolute atomic E-state index is 0.207.